The second-order valence-corrected chi connectivity index (χ2v) is 7.83. The van der Waals surface area contributed by atoms with E-state index in [0.29, 0.717) is 6.04 Å². The molecule has 6 nitrogen and oxygen atoms in total. The van der Waals surface area contributed by atoms with Crippen LogP contribution in [0.5, 0.6) is 0 Å². The van der Waals surface area contributed by atoms with E-state index in [0.717, 1.165) is 52.0 Å². The molecule has 2 saturated heterocycles. The standard InChI is InChI=1S/C21H32N4O2/c22-20(26)15-23-21(27)18-7-4-11-25(16-18)19-9-13-24(14-10-19)12-8-17-5-2-1-3-6-17/h1-3,5-6,18-19H,4,7-16H2,(H2,22,26)(H,23,27)/t18-/m1/s1. The number of carbonyl (C=O) groups excluding carboxylic acids is 2. The summed E-state index contributed by atoms with van der Waals surface area (Å²) in [7, 11) is 0. The average molecular weight is 373 g/mol. The molecule has 0 bridgehead atoms. The Balaban J connectivity index is 1.40. The van der Waals surface area contributed by atoms with Crippen LogP contribution >= 0.6 is 0 Å². The molecule has 0 radical (unpaired) electrons. The molecule has 1 aromatic rings. The van der Waals surface area contributed by atoms with E-state index >= 15 is 0 Å². The molecule has 2 amide bonds. The summed E-state index contributed by atoms with van der Waals surface area (Å²) in [6.45, 7) is 5.21. The van der Waals surface area contributed by atoms with Gasteiger partial charge in [0.15, 0.2) is 0 Å². The van der Waals surface area contributed by atoms with Gasteiger partial charge in [0.25, 0.3) is 0 Å². The van der Waals surface area contributed by atoms with E-state index in [9.17, 15) is 9.59 Å². The van der Waals surface area contributed by atoms with Crippen LogP contribution < -0.4 is 11.1 Å². The minimum Gasteiger partial charge on any atom is -0.368 e. The van der Waals surface area contributed by atoms with Crippen LogP contribution in [0.1, 0.15) is 31.2 Å². The van der Waals surface area contributed by atoms with Crippen molar-refractivity contribution in [3.05, 3.63) is 35.9 Å². The minimum absolute atomic E-state index is 0.0192. The molecule has 6 heteroatoms. The zero-order valence-electron chi connectivity index (χ0n) is 16.1. The van der Waals surface area contributed by atoms with Crippen molar-refractivity contribution in [1.82, 2.24) is 15.1 Å². The van der Waals surface area contributed by atoms with Crippen molar-refractivity contribution in [1.29, 1.82) is 0 Å². The summed E-state index contributed by atoms with van der Waals surface area (Å²) in [5.74, 6) is -0.535. The molecule has 0 aliphatic carbocycles. The third kappa shape index (κ3) is 6.04. The first-order valence-electron chi connectivity index (χ1n) is 10.2. The van der Waals surface area contributed by atoms with Gasteiger partial charge in [0.2, 0.25) is 11.8 Å². The Morgan fingerprint density at radius 2 is 1.81 bits per heavy atom. The minimum atomic E-state index is -0.487. The van der Waals surface area contributed by atoms with Gasteiger partial charge in [-0.25, -0.2) is 0 Å². The van der Waals surface area contributed by atoms with E-state index in [1.54, 1.807) is 0 Å². The Morgan fingerprint density at radius 3 is 2.52 bits per heavy atom. The molecular weight excluding hydrogens is 340 g/mol. The molecule has 0 saturated carbocycles. The average Bonchev–Trinajstić information content (AvgIpc) is 2.71. The van der Waals surface area contributed by atoms with Gasteiger partial charge in [-0.3, -0.25) is 14.5 Å². The predicted molar refractivity (Wildman–Crippen MR) is 106 cm³/mol. The summed E-state index contributed by atoms with van der Waals surface area (Å²) >= 11 is 0. The number of nitrogens with zero attached hydrogens (tertiary/aromatic N) is 2. The van der Waals surface area contributed by atoms with Crippen molar-refractivity contribution in [2.75, 3.05) is 39.3 Å². The molecule has 3 N–H and O–H groups in total. The van der Waals surface area contributed by atoms with Crippen LogP contribution in [-0.2, 0) is 16.0 Å². The Hall–Kier alpha value is -1.92. The van der Waals surface area contributed by atoms with E-state index in [-0.39, 0.29) is 18.4 Å². The predicted octanol–water partition coefficient (Wildman–Crippen LogP) is 1.01. The van der Waals surface area contributed by atoms with Gasteiger partial charge in [0, 0.05) is 19.1 Å². The Labute approximate surface area is 162 Å². The third-order valence-electron chi connectivity index (χ3n) is 5.89. The number of nitrogens with two attached hydrogens (primary N) is 1. The summed E-state index contributed by atoms with van der Waals surface area (Å²) in [4.78, 5) is 28.2. The number of carbonyl (C=O) groups is 2. The molecule has 0 spiro atoms. The lowest BCUT2D eigenvalue weighted by molar-refractivity contribution is -0.129. The van der Waals surface area contributed by atoms with E-state index < -0.39 is 5.91 Å². The van der Waals surface area contributed by atoms with Crippen molar-refractivity contribution in [2.45, 2.75) is 38.1 Å². The second-order valence-electron chi connectivity index (χ2n) is 7.83. The summed E-state index contributed by atoms with van der Waals surface area (Å²) in [5.41, 5.74) is 6.52. The number of nitrogens with one attached hydrogen (secondary N) is 1. The highest BCUT2D eigenvalue weighted by molar-refractivity contribution is 5.85. The van der Waals surface area contributed by atoms with E-state index in [1.165, 1.54) is 18.4 Å². The lowest BCUT2D eigenvalue weighted by Crippen LogP contribution is -2.51. The Kier molecular flexibility index (Phi) is 7.24. The summed E-state index contributed by atoms with van der Waals surface area (Å²) in [5, 5.41) is 2.67. The fourth-order valence-corrected chi connectivity index (χ4v) is 4.31. The highest BCUT2D eigenvalue weighted by Gasteiger charge is 2.31. The first-order valence-corrected chi connectivity index (χ1v) is 10.2. The molecule has 2 fully saturated rings. The molecule has 3 rings (SSSR count). The van der Waals surface area contributed by atoms with Gasteiger partial charge in [-0.1, -0.05) is 30.3 Å². The van der Waals surface area contributed by atoms with Gasteiger partial charge in [-0.05, 0) is 57.3 Å². The van der Waals surface area contributed by atoms with Gasteiger partial charge in [0.1, 0.15) is 0 Å². The number of hydrogen-bond donors (Lipinski definition) is 2. The van der Waals surface area contributed by atoms with Crippen molar-refractivity contribution in [2.24, 2.45) is 11.7 Å². The zero-order valence-corrected chi connectivity index (χ0v) is 16.1. The fraction of sp³-hybridized carbons (Fsp3) is 0.619. The van der Waals surface area contributed by atoms with Crippen LogP contribution in [0.15, 0.2) is 30.3 Å². The quantitative estimate of drug-likeness (QED) is 0.749. The van der Waals surface area contributed by atoms with Crippen LogP contribution in [0.4, 0.5) is 0 Å². The molecule has 2 heterocycles. The molecular formula is C21H32N4O2. The van der Waals surface area contributed by atoms with Crippen LogP contribution in [0.25, 0.3) is 0 Å². The summed E-state index contributed by atoms with van der Waals surface area (Å²) < 4.78 is 0. The number of piperidine rings is 2. The van der Waals surface area contributed by atoms with E-state index in [2.05, 4.69) is 45.4 Å². The molecule has 0 aromatic heterocycles. The van der Waals surface area contributed by atoms with Crippen molar-refractivity contribution in [3.8, 4) is 0 Å². The van der Waals surface area contributed by atoms with Gasteiger partial charge < -0.3 is 16.0 Å². The smallest absolute Gasteiger partial charge is 0.236 e. The maximum Gasteiger partial charge on any atom is 0.236 e. The highest BCUT2D eigenvalue weighted by atomic mass is 16.2. The summed E-state index contributed by atoms with van der Waals surface area (Å²) in [6.07, 6.45) is 5.39. The maximum absolute atomic E-state index is 12.2. The fourth-order valence-electron chi connectivity index (χ4n) is 4.31. The maximum atomic E-state index is 12.2. The molecule has 148 valence electrons. The molecule has 1 atom stereocenters. The SMILES string of the molecule is NC(=O)CNC(=O)[C@@H]1CCCN(C2CCN(CCc3ccccc3)CC2)C1. The van der Waals surface area contributed by atoms with Crippen molar-refractivity contribution in [3.63, 3.8) is 0 Å². The first-order chi connectivity index (χ1) is 13.1. The lowest BCUT2D eigenvalue weighted by Gasteiger charge is -2.42. The second kappa shape index (κ2) is 9.85. The Morgan fingerprint density at radius 1 is 1.07 bits per heavy atom. The van der Waals surface area contributed by atoms with Crippen LogP contribution in [0.3, 0.4) is 0 Å². The zero-order chi connectivity index (χ0) is 19.1. The molecule has 2 aliphatic rings. The number of amides is 2. The molecule has 2 aliphatic heterocycles. The van der Waals surface area contributed by atoms with Gasteiger partial charge in [-0.15, -0.1) is 0 Å². The van der Waals surface area contributed by atoms with Crippen molar-refractivity contribution < 1.29 is 9.59 Å². The van der Waals surface area contributed by atoms with Gasteiger partial charge in [-0.2, -0.15) is 0 Å². The van der Waals surface area contributed by atoms with Crippen LogP contribution in [-0.4, -0.2) is 66.9 Å². The van der Waals surface area contributed by atoms with Crippen molar-refractivity contribution >= 4 is 11.8 Å². The largest absolute Gasteiger partial charge is 0.368 e. The number of primary amides is 1. The monoisotopic (exact) mass is 372 g/mol. The molecule has 1 aromatic carbocycles. The number of benzene rings is 1. The number of likely N-dealkylation sites (tertiary alicyclic amines) is 2. The van der Waals surface area contributed by atoms with Gasteiger partial charge in [0.05, 0.1) is 12.5 Å². The van der Waals surface area contributed by atoms with Gasteiger partial charge >= 0.3 is 0 Å². The topological polar surface area (TPSA) is 78.7 Å². The molecule has 27 heavy (non-hydrogen) atoms. The van der Waals surface area contributed by atoms with Crippen LogP contribution in [0, 0.1) is 5.92 Å². The molecule has 0 unspecified atom stereocenters. The lowest BCUT2D eigenvalue weighted by atomic mass is 9.93. The number of hydrogen-bond acceptors (Lipinski definition) is 4. The normalized spacial score (nSPS) is 22.4. The highest BCUT2D eigenvalue weighted by Crippen LogP contribution is 2.24. The Bertz CT molecular complexity index is 614. The van der Waals surface area contributed by atoms with Crippen LogP contribution in [0.2, 0.25) is 0 Å². The third-order valence-corrected chi connectivity index (χ3v) is 5.89. The first kappa shape index (κ1) is 19.8. The summed E-state index contributed by atoms with van der Waals surface area (Å²) in [6, 6.07) is 11.2. The van der Waals surface area contributed by atoms with E-state index in [4.69, 9.17) is 5.73 Å². The number of rotatable bonds is 7. The van der Waals surface area contributed by atoms with E-state index in [1.807, 2.05) is 0 Å².